The Balaban J connectivity index is 1.94. The van der Waals surface area contributed by atoms with Gasteiger partial charge < -0.3 is 15.8 Å². The SMILES string of the molecule is Nc1cc(Br)cc(OCC(=O)Nc2ccccc2F)c1. The van der Waals surface area contributed by atoms with Crippen molar-refractivity contribution in [3.63, 3.8) is 0 Å². The number of para-hydroxylation sites is 1. The zero-order valence-corrected chi connectivity index (χ0v) is 12.0. The van der Waals surface area contributed by atoms with E-state index >= 15 is 0 Å². The lowest BCUT2D eigenvalue weighted by Crippen LogP contribution is -2.20. The number of ether oxygens (including phenoxy) is 1. The van der Waals surface area contributed by atoms with Gasteiger partial charge in [0.05, 0.1) is 5.69 Å². The first kappa shape index (κ1) is 14.3. The largest absolute Gasteiger partial charge is 0.484 e. The third kappa shape index (κ3) is 3.96. The number of halogens is 2. The molecule has 2 aromatic rings. The lowest BCUT2D eigenvalue weighted by molar-refractivity contribution is -0.118. The Labute approximate surface area is 123 Å². The lowest BCUT2D eigenvalue weighted by Gasteiger charge is -2.09. The number of hydrogen-bond donors (Lipinski definition) is 2. The minimum Gasteiger partial charge on any atom is -0.484 e. The van der Waals surface area contributed by atoms with Gasteiger partial charge in [0.1, 0.15) is 11.6 Å². The van der Waals surface area contributed by atoms with E-state index in [1.165, 1.54) is 12.1 Å². The maximum Gasteiger partial charge on any atom is 0.262 e. The quantitative estimate of drug-likeness (QED) is 0.841. The molecular formula is C14H12BrFN2O2. The summed E-state index contributed by atoms with van der Waals surface area (Å²) in [6.45, 7) is -0.232. The number of rotatable bonds is 4. The predicted octanol–water partition coefficient (Wildman–Crippen LogP) is 3.19. The van der Waals surface area contributed by atoms with Crippen LogP contribution in [0.4, 0.5) is 15.8 Å². The minimum atomic E-state index is -0.493. The van der Waals surface area contributed by atoms with E-state index in [1.807, 2.05) is 0 Å². The fraction of sp³-hybridized carbons (Fsp3) is 0.0714. The maximum absolute atomic E-state index is 13.3. The summed E-state index contributed by atoms with van der Waals surface area (Å²) in [6, 6.07) is 10.9. The van der Waals surface area contributed by atoms with E-state index in [1.54, 1.807) is 30.3 Å². The fourth-order valence-corrected chi connectivity index (χ4v) is 2.06. The van der Waals surface area contributed by atoms with Crippen LogP contribution >= 0.6 is 15.9 Å². The highest BCUT2D eigenvalue weighted by atomic mass is 79.9. The molecule has 3 N–H and O–H groups in total. The number of carbonyl (C=O) groups excluding carboxylic acids is 1. The molecule has 0 aromatic heterocycles. The molecule has 0 bridgehead atoms. The Kier molecular flexibility index (Phi) is 4.57. The standard InChI is InChI=1S/C14H12BrFN2O2/c15-9-5-10(17)7-11(6-9)20-8-14(19)18-13-4-2-1-3-12(13)16/h1-7H,8,17H2,(H,18,19). The lowest BCUT2D eigenvalue weighted by atomic mass is 10.3. The molecule has 20 heavy (non-hydrogen) atoms. The van der Waals surface area contributed by atoms with Gasteiger partial charge in [0.15, 0.2) is 6.61 Å². The zero-order chi connectivity index (χ0) is 14.5. The Morgan fingerprint density at radius 1 is 1.30 bits per heavy atom. The molecule has 0 fully saturated rings. The monoisotopic (exact) mass is 338 g/mol. The van der Waals surface area contributed by atoms with Gasteiger partial charge in [-0.1, -0.05) is 28.1 Å². The van der Waals surface area contributed by atoms with Crippen LogP contribution in [0.5, 0.6) is 5.75 Å². The number of hydrogen-bond acceptors (Lipinski definition) is 3. The van der Waals surface area contributed by atoms with Gasteiger partial charge in [-0.2, -0.15) is 0 Å². The van der Waals surface area contributed by atoms with Crippen LogP contribution in [-0.4, -0.2) is 12.5 Å². The minimum absolute atomic E-state index is 0.120. The molecule has 0 saturated carbocycles. The van der Waals surface area contributed by atoms with Crippen LogP contribution in [0.1, 0.15) is 0 Å². The third-order valence-electron chi connectivity index (χ3n) is 2.41. The predicted molar refractivity (Wildman–Crippen MR) is 79.1 cm³/mol. The van der Waals surface area contributed by atoms with Crippen molar-refractivity contribution in [3.8, 4) is 5.75 Å². The number of nitrogens with one attached hydrogen (secondary N) is 1. The van der Waals surface area contributed by atoms with E-state index in [9.17, 15) is 9.18 Å². The molecule has 2 aromatic carbocycles. The van der Waals surface area contributed by atoms with Crippen LogP contribution in [0.25, 0.3) is 0 Å². The number of amides is 1. The molecule has 0 aliphatic heterocycles. The van der Waals surface area contributed by atoms with Crippen molar-refractivity contribution in [3.05, 3.63) is 52.8 Å². The van der Waals surface area contributed by atoms with Crippen molar-refractivity contribution in [2.24, 2.45) is 0 Å². The summed E-state index contributed by atoms with van der Waals surface area (Å²) in [5.41, 5.74) is 6.29. The molecule has 0 saturated heterocycles. The molecule has 6 heteroatoms. The van der Waals surface area contributed by atoms with Crippen LogP contribution < -0.4 is 15.8 Å². The van der Waals surface area contributed by atoms with E-state index in [4.69, 9.17) is 10.5 Å². The highest BCUT2D eigenvalue weighted by molar-refractivity contribution is 9.10. The first-order valence-electron chi connectivity index (χ1n) is 5.78. The maximum atomic E-state index is 13.3. The summed E-state index contributed by atoms with van der Waals surface area (Å²) < 4.78 is 19.4. The number of benzene rings is 2. The number of nitrogen functional groups attached to an aromatic ring is 1. The summed E-state index contributed by atoms with van der Waals surface area (Å²) in [7, 11) is 0. The van der Waals surface area contributed by atoms with Gasteiger partial charge in [0.25, 0.3) is 5.91 Å². The second kappa shape index (κ2) is 6.38. The Morgan fingerprint density at radius 3 is 2.75 bits per heavy atom. The summed E-state index contributed by atoms with van der Waals surface area (Å²) in [5, 5.41) is 2.43. The van der Waals surface area contributed by atoms with Gasteiger partial charge in [-0.15, -0.1) is 0 Å². The smallest absolute Gasteiger partial charge is 0.262 e. The van der Waals surface area contributed by atoms with E-state index in [0.717, 1.165) is 4.47 Å². The Hall–Kier alpha value is -2.08. The van der Waals surface area contributed by atoms with Gasteiger partial charge in [0.2, 0.25) is 0 Å². The molecule has 104 valence electrons. The second-order valence-corrected chi connectivity index (χ2v) is 4.95. The number of carbonyl (C=O) groups is 1. The van der Waals surface area contributed by atoms with Gasteiger partial charge in [0, 0.05) is 16.2 Å². The molecule has 0 atom stereocenters. The first-order chi connectivity index (χ1) is 9.54. The van der Waals surface area contributed by atoms with Crippen molar-refractivity contribution in [1.29, 1.82) is 0 Å². The van der Waals surface area contributed by atoms with Crippen molar-refractivity contribution < 1.29 is 13.9 Å². The van der Waals surface area contributed by atoms with Crippen LogP contribution in [0.2, 0.25) is 0 Å². The Bertz CT molecular complexity index is 614. The van der Waals surface area contributed by atoms with Crippen molar-refractivity contribution in [1.82, 2.24) is 0 Å². The van der Waals surface area contributed by atoms with E-state index in [0.29, 0.717) is 11.4 Å². The average molecular weight is 339 g/mol. The molecule has 0 spiro atoms. The molecular weight excluding hydrogens is 327 g/mol. The topological polar surface area (TPSA) is 64.3 Å². The normalized spacial score (nSPS) is 10.1. The van der Waals surface area contributed by atoms with E-state index < -0.39 is 11.7 Å². The zero-order valence-electron chi connectivity index (χ0n) is 10.4. The molecule has 4 nitrogen and oxygen atoms in total. The highest BCUT2D eigenvalue weighted by Crippen LogP contribution is 2.22. The van der Waals surface area contributed by atoms with Crippen molar-refractivity contribution >= 4 is 33.2 Å². The third-order valence-corrected chi connectivity index (χ3v) is 2.87. The highest BCUT2D eigenvalue weighted by Gasteiger charge is 2.07. The molecule has 0 unspecified atom stereocenters. The van der Waals surface area contributed by atoms with Gasteiger partial charge in [-0.25, -0.2) is 4.39 Å². The molecule has 0 radical (unpaired) electrons. The summed E-state index contributed by atoms with van der Waals surface area (Å²) in [6.07, 6.45) is 0. The van der Waals surface area contributed by atoms with Crippen molar-refractivity contribution in [2.45, 2.75) is 0 Å². The van der Waals surface area contributed by atoms with Crippen LogP contribution in [0.3, 0.4) is 0 Å². The van der Waals surface area contributed by atoms with Crippen LogP contribution in [-0.2, 0) is 4.79 Å². The van der Waals surface area contributed by atoms with Crippen molar-refractivity contribution in [2.75, 3.05) is 17.7 Å². The van der Waals surface area contributed by atoms with Gasteiger partial charge >= 0.3 is 0 Å². The molecule has 2 rings (SSSR count). The number of nitrogens with two attached hydrogens (primary N) is 1. The summed E-state index contributed by atoms with van der Waals surface area (Å²) in [5.74, 6) is -0.484. The first-order valence-corrected chi connectivity index (χ1v) is 6.57. The van der Waals surface area contributed by atoms with E-state index in [-0.39, 0.29) is 12.3 Å². The summed E-state index contributed by atoms with van der Waals surface area (Å²) >= 11 is 3.27. The van der Waals surface area contributed by atoms with E-state index in [2.05, 4.69) is 21.2 Å². The molecule has 1 amide bonds. The molecule has 0 aliphatic carbocycles. The average Bonchev–Trinajstić information content (AvgIpc) is 2.38. The van der Waals surface area contributed by atoms with Gasteiger partial charge in [-0.05, 0) is 24.3 Å². The Morgan fingerprint density at radius 2 is 2.05 bits per heavy atom. The van der Waals surface area contributed by atoms with Crippen LogP contribution in [0, 0.1) is 5.82 Å². The van der Waals surface area contributed by atoms with Gasteiger partial charge in [-0.3, -0.25) is 4.79 Å². The second-order valence-electron chi connectivity index (χ2n) is 4.04. The molecule has 0 heterocycles. The number of anilines is 2. The summed E-state index contributed by atoms with van der Waals surface area (Å²) in [4.78, 5) is 11.7. The molecule has 0 aliphatic rings. The fourth-order valence-electron chi connectivity index (χ4n) is 1.57. The van der Waals surface area contributed by atoms with Crippen LogP contribution in [0.15, 0.2) is 46.9 Å².